The molecule has 0 spiro atoms. The number of carboxylic acids is 1. The summed E-state index contributed by atoms with van der Waals surface area (Å²) in [6.07, 6.45) is 1.46. The van der Waals surface area contributed by atoms with Crippen molar-refractivity contribution in [2.45, 2.75) is 25.3 Å². The summed E-state index contributed by atoms with van der Waals surface area (Å²) in [6.45, 7) is 3.36. The monoisotopic (exact) mass is 298 g/mol. The van der Waals surface area contributed by atoms with E-state index < -0.39 is 5.97 Å². The van der Waals surface area contributed by atoms with Crippen LogP contribution in [0.25, 0.3) is 0 Å². The standard InChI is InChI=1S/C13H22N4O4/c18-11(16-6-3-14-4-7-16)9-15-13(21)17-5-1-2-10(17)8-12(19)20/h10,14H,1-9H2,(H,15,21)(H,19,20). The zero-order valence-electron chi connectivity index (χ0n) is 12.0. The van der Waals surface area contributed by atoms with Gasteiger partial charge in [0.15, 0.2) is 0 Å². The molecule has 0 radical (unpaired) electrons. The van der Waals surface area contributed by atoms with Gasteiger partial charge in [0.2, 0.25) is 5.91 Å². The summed E-state index contributed by atoms with van der Waals surface area (Å²) < 4.78 is 0. The first kappa shape index (κ1) is 15.6. The van der Waals surface area contributed by atoms with Crippen LogP contribution in [-0.4, -0.2) is 78.1 Å². The Kier molecular flexibility index (Phi) is 5.38. The molecule has 0 aromatic carbocycles. The molecule has 2 fully saturated rings. The van der Waals surface area contributed by atoms with Crippen LogP contribution in [0.15, 0.2) is 0 Å². The third-order valence-corrected chi connectivity index (χ3v) is 3.91. The molecule has 0 bridgehead atoms. The highest BCUT2D eigenvalue weighted by atomic mass is 16.4. The summed E-state index contributed by atoms with van der Waals surface area (Å²) in [7, 11) is 0. The van der Waals surface area contributed by atoms with Gasteiger partial charge in [-0.1, -0.05) is 0 Å². The van der Waals surface area contributed by atoms with Crippen molar-refractivity contribution in [2.24, 2.45) is 0 Å². The van der Waals surface area contributed by atoms with Gasteiger partial charge in [0.25, 0.3) is 0 Å². The Balaban J connectivity index is 1.78. The molecule has 0 saturated carbocycles. The maximum Gasteiger partial charge on any atom is 0.318 e. The van der Waals surface area contributed by atoms with Crippen molar-refractivity contribution in [1.29, 1.82) is 0 Å². The van der Waals surface area contributed by atoms with Gasteiger partial charge in [0, 0.05) is 38.8 Å². The topological polar surface area (TPSA) is 102 Å². The maximum absolute atomic E-state index is 12.1. The predicted octanol–water partition coefficient (Wildman–Crippen LogP) is -0.933. The van der Waals surface area contributed by atoms with Gasteiger partial charge in [0.05, 0.1) is 13.0 Å². The average molecular weight is 298 g/mol. The molecular weight excluding hydrogens is 276 g/mol. The van der Waals surface area contributed by atoms with Crippen LogP contribution in [0.5, 0.6) is 0 Å². The van der Waals surface area contributed by atoms with E-state index in [2.05, 4.69) is 10.6 Å². The lowest BCUT2D eigenvalue weighted by Gasteiger charge is -2.28. The molecule has 3 amide bonds. The fraction of sp³-hybridized carbons (Fsp3) is 0.769. The molecule has 8 heteroatoms. The normalized spacial score (nSPS) is 22.2. The summed E-state index contributed by atoms with van der Waals surface area (Å²) in [5.74, 6) is -1.00. The molecule has 3 N–H and O–H groups in total. The third-order valence-electron chi connectivity index (χ3n) is 3.91. The molecule has 2 rings (SSSR count). The van der Waals surface area contributed by atoms with Crippen molar-refractivity contribution in [1.82, 2.24) is 20.4 Å². The van der Waals surface area contributed by atoms with Crippen LogP contribution in [0.2, 0.25) is 0 Å². The van der Waals surface area contributed by atoms with Crippen molar-refractivity contribution < 1.29 is 19.5 Å². The smallest absolute Gasteiger partial charge is 0.318 e. The summed E-state index contributed by atoms with van der Waals surface area (Å²) in [5, 5.41) is 14.6. The van der Waals surface area contributed by atoms with Crippen molar-refractivity contribution in [3.8, 4) is 0 Å². The van der Waals surface area contributed by atoms with Crippen molar-refractivity contribution in [3.63, 3.8) is 0 Å². The molecule has 2 saturated heterocycles. The second kappa shape index (κ2) is 7.26. The van der Waals surface area contributed by atoms with Crippen LogP contribution in [0.3, 0.4) is 0 Å². The quantitative estimate of drug-likeness (QED) is 0.622. The molecule has 2 heterocycles. The Morgan fingerprint density at radius 2 is 1.90 bits per heavy atom. The third kappa shape index (κ3) is 4.32. The van der Waals surface area contributed by atoms with Gasteiger partial charge in [-0.2, -0.15) is 0 Å². The van der Waals surface area contributed by atoms with Crippen LogP contribution in [-0.2, 0) is 9.59 Å². The van der Waals surface area contributed by atoms with E-state index in [1.165, 1.54) is 4.90 Å². The molecule has 1 atom stereocenters. The number of nitrogens with one attached hydrogen (secondary N) is 2. The predicted molar refractivity (Wildman–Crippen MR) is 74.8 cm³/mol. The number of nitrogens with zero attached hydrogens (tertiary/aromatic N) is 2. The molecule has 2 aliphatic heterocycles. The Hall–Kier alpha value is -1.83. The average Bonchev–Trinajstić information content (AvgIpc) is 2.92. The van der Waals surface area contributed by atoms with Gasteiger partial charge in [-0.25, -0.2) is 4.79 Å². The lowest BCUT2D eigenvalue weighted by Crippen LogP contribution is -2.51. The first-order valence-corrected chi connectivity index (χ1v) is 7.32. The van der Waals surface area contributed by atoms with Crippen LogP contribution in [0, 0.1) is 0 Å². The molecule has 8 nitrogen and oxygen atoms in total. The van der Waals surface area contributed by atoms with Gasteiger partial charge in [-0.3, -0.25) is 9.59 Å². The molecule has 21 heavy (non-hydrogen) atoms. The van der Waals surface area contributed by atoms with Crippen LogP contribution >= 0.6 is 0 Å². The van der Waals surface area contributed by atoms with Crippen molar-refractivity contribution >= 4 is 17.9 Å². The summed E-state index contributed by atoms with van der Waals surface area (Å²) in [4.78, 5) is 38.0. The highest BCUT2D eigenvalue weighted by Gasteiger charge is 2.30. The van der Waals surface area contributed by atoms with E-state index in [9.17, 15) is 14.4 Å². The Bertz CT molecular complexity index is 409. The molecule has 0 aromatic rings. The second-order valence-corrected chi connectivity index (χ2v) is 5.38. The number of hydrogen-bond donors (Lipinski definition) is 3. The number of carboxylic acid groups (broad SMARTS) is 1. The highest BCUT2D eigenvalue weighted by Crippen LogP contribution is 2.19. The summed E-state index contributed by atoms with van der Waals surface area (Å²) >= 11 is 0. The lowest BCUT2D eigenvalue weighted by atomic mass is 10.1. The van der Waals surface area contributed by atoms with Gasteiger partial charge in [-0.15, -0.1) is 0 Å². The number of likely N-dealkylation sites (tertiary alicyclic amines) is 1. The number of carbonyl (C=O) groups excluding carboxylic acids is 2. The van der Waals surface area contributed by atoms with E-state index in [1.807, 2.05) is 0 Å². The van der Waals surface area contributed by atoms with Crippen molar-refractivity contribution in [2.75, 3.05) is 39.3 Å². The van der Waals surface area contributed by atoms with E-state index in [0.717, 1.165) is 19.5 Å². The number of piperazine rings is 1. The number of hydrogen-bond acceptors (Lipinski definition) is 4. The van der Waals surface area contributed by atoms with Crippen molar-refractivity contribution in [3.05, 3.63) is 0 Å². The number of amides is 3. The van der Waals surface area contributed by atoms with E-state index in [1.54, 1.807) is 4.90 Å². The maximum atomic E-state index is 12.1. The molecule has 118 valence electrons. The minimum atomic E-state index is -0.906. The fourth-order valence-electron chi connectivity index (χ4n) is 2.80. The minimum absolute atomic E-state index is 0.0326. The van der Waals surface area contributed by atoms with Gasteiger partial charge in [0.1, 0.15) is 0 Å². The first-order valence-electron chi connectivity index (χ1n) is 7.32. The van der Waals surface area contributed by atoms with Crippen LogP contribution in [0.1, 0.15) is 19.3 Å². The second-order valence-electron chi connectivity index (χ2n) is 5.38. The van der Waals surface area contributed by atoms with Gasteiger partial charge >= 0.3 is 12.0 Å². The van der Waals surface area contributed by atoms with Gasteiger partial charge in [-0.05, 0) is 12.8 Å². The number of carbonyl (C=O) groups is 3. The van der Waals surface area contributed by atoms with E-state index in [0.29, 0.717) is 26.1 Å². The Morgan fingerprint density at radius 3 is 2.57 bits per heavy atom. The minimum Gasteiger partial charge on any atom is -0.481 e. The molecule has 0 aromatic heterocycles. The molecular formula is C13H22N4O4. The summed E-state index contributed by atoms with van der Waals surface area (Å²) in [6, 6.07) is -0.612. The Morgan fingerprint density at radius 1 is 1.19 bits per heavy atom. The van der Waals surface area contributed by atoms with Crippen LogP contribution in [0.4, 0.5) is 4.79 Å². The van der Waals surface area contributed by atoms with Gasteiger partial charge < -0.3 is 25.5 Å². The first-order chi connectivity index (χ1) is 10.1. The largest absolute Gasteiger partial charge is 0.481 e. The van der Waals surface area contributed by atoms with E-state index in [-0.39, 0.29) is 30.9 Å². The molecule has 2 aliphatic rings. The fourth-order valence-corrected chi connectivity index (χ4v) is 2.80. The van der Waals surface area contributed by atoms with E-state index in [4.69, 9.17) is 5.11 Å². The zero-order chi connectivity index (χ0) is 15.2. The number of rotatable bonds is 4. The SMILES string of the molecule is O=C(O)CC1CCCN1C(=O)NCC(=O)N1CCNCC1. The van der Waals surface area contributed by atoms with E-state index >= 15 is 0 Å². The zero-order valence-corrected chi connectivity index (χ0v) is 12.0. The summed E-state index contributed by atoms with van der Waals surface area (Å²) in [5.41, 5.74) is 0. The highest BCUT2D eigenvalue weighted by molar-refractivity contribution is 5.84. The van der Waals surface area contributed by atoms with Crippen LogP contribution < -0.4 is 10.6 Å². The Labute approximate surface area is 123 Å². The number of urea groups is 1. The molecule has 0 aliphatic carbocycles. The molecule has 1 unspecified atom stereocenters. The lowest BCUT2D eigenvalue weighted by molar-refractivity contribution is -0.138. The number of aliphatic carboxylic acids is 1.